The molecule has 0 bridgehead atoms. The van der Waals surface area contributed by atoms with Crippen molar-refractivity contribution < 1.29 is 4.79 Å². The van der Waals surface area contributed by atoms with E-state index >= 15 is 0 Å². The average molecular weight is 374 g/mol. The Labute approximate surface area is 167 Å². The molecular formula is C24H27N3O. The van der Waals surface area contributed by atoms with Crippen molar-refractivity contribution in [3.8, 4) is 5.69 Å². The molecule has 4 heteroatoms. The second-order valence-corrected chi connectivity index (χ2v) is 7.12. The molecule has 0 saturated carbocycles. The van der Waals surface area contributed by atoms with Gasteiger partial charge in [-0.25, -0.2) is 0 Å². The number of amidine groups is 1. The summed E-state index contributed by atoms with van der Waals surface area (Å²) in [7, 11) is 1.78. The number of allylic oxidation sites excluding steroid dienone is 1. The molecule has 0 fully saturated rings. The zero-order valence-electron chi connectivity index (χ0n) is 17.1. The number of dihydropyridines is 1. The van der Waals surface area contributed by atoms with Crippen LogP contribution in [0.1, 0.15) is 46.2 Å². The Hall–Kier alpha value is -3.14. The number of hydrogen-bond donors (Lipinski definition) is 0. The fraction of sp³-hybridized carbons (Fsp3) is 0.250. The molecule has 0 aliphatic carbocycles. The van der Waals surface area contributed by atoms with Crippen molar-refractivity contribution in [2.24, 2.45) is 4.99 Å². The number of hydrogen-bond acceptors (Lipinski definition) is 2. The van der Waals surface area contributed by atoms with E-state index in [-0.39, 0.29) is 5.91 Å². The highest BCUT2D eigenvalue weighted by Gasteiger charge is 2.26. The second-order valence-electron chi connectivity index (χ2n) is 7.12. The molecule has 144 valence electrons. The van der Waals surface area contributed by atoms with Crippen molar-refractivity contribution >= 4 is 23.4 Å². The second kappa shape index (κ2) is 7.85. The van der Waals surface area contributed by atoms with Gasteiger partial charge in [-0.1, -0.05) is 43.0 Å². The molecule has 1 aliphatic heterocycles. The maximum Gasteiger partial charge on any atom is 0.261 e. The summed E-state index contributed by atoms with van der Waals surface area (Å²) in [5.41, 5.74) is 6.56. The molecular weight excluding hydrogens is 346 g/mol. The van der Waals surface area contributed by atoms with Crippen LogP contribution in [-0.4, -0.2) is 34.8 Å². The molecule has 0 saturated heterocycles. The van der Waals surface area contributed by atoms with Crippen molar-refractivity contribution in [1.82, 2.24) is 9.47 Å². The number of benzene rings is 1. The third-order valence-corrected chi connectivity index (χ3v) is 5.21. The highest BCUT2D eigenvalue weighted by atomic mass is 16.2. The quantitative estimate of drug-likeness (QED) is 0.726. The Kier molecular flexibility index (Phi) is 5.50. The van der Waals surface area contributed by atoms with Gasteiger partial charge in [0.25, 0.3) is 5.91 Å². The van der Waals surface area contributed by atoms with E-state index in [2.05, 4.69) is 47.0 Å². The Bertz CT molecular complexity index is 1000. The standard InChI is InChI=1S/C24H27N3O/c1-7-21-17(4)27(20-13-11-19(12-14-20)16(2)3)18(5)23(21)24(28)26(6)22-10-8-9-15-25-22/h7-8,10-14H,1-2,9,15H2,3-6H3. The number of rotatable bonds is 4. The Morgan fingerprint density at radius 1 is 1.21 bits per heavy atom. The van der Waals surface area contributed by atoms with E-state index in [0.29, 0.717) is 17.9 Å². The number of aromatic nitrogens is 1. The lowest BCUT2D eigenvalue weighted by Crippen LogP contribution is -2.33. The lowest BCUT2D eigenvalue weighted by Gasteiger charge is -2.19. The Balaban J connectivity index is 2.08. The third-order valence-electron chi connectivity index (χ3n) is 5.21. The van der Waals surface area contributed by atoms with E-state index < -0.39 is 0 Å². The number of likely N-dealkylation sites (N-methyl/N-ethyl adjacent to an activating group) is 1. The van der Waals surface area contributed by atoms with E-state index in [4.69, 9.17) is 0 Å². The monoisotopic (exact) mass is 373 g/mol. The smallest absolute Gasteiger partial charge is 0.261 e. The minimum atomic E-state index is -0.0712. The highest BCUT2D eigenvalue weighted by molar-refractivity contribution is 6.12. The molecule has 2 heterocycles. The third kappa shape index (κ3) is 3.38. The van der Waals surface area contributed by atoms with Crippen molar-refractivity contribution in [1.29, 1.82) is 0 Å². The molecule has 3 rings (SSSR count). The molecule has 2 aromatic rings. The van der Waals surface area contributed by atoms with E-state index in [1.165, 1.54) is 0 Å². The molecule has 1 amide bonds. The van der Waals surface area contributed by atoms with Gasteiger partial charge in [0, 0.05) is 36.2 Å². The van der Waals surface area contributed by atoms with Crippen molar-refractivity contribution in [2.75, 3.05) is 13.6 Å². The zero-order valence-corrected chi connectivity index (χ0v) is 17.1. The van der Waals surface area contributed by atoms with E-state index in [0.717, 1.165) is 40.2 Å². The zero-order chi connectivity index (χ0) is 20.4. The number of aliphatic imine (C=N–C) groups is 1. The van der Waals surface area contributed by atoms with Crippen LogP contribution >= 0.6 is 0 Å². The van der Waals surface area contributed by atoms with Crippen LogP contribution in [-0.2, 0) is 0 Å². The number of carbonyl (C=O) groups excluding carboxylic acids is 1. The molecule has 0 atom stereocenters. The maximum absolute atomic E-state index is 13.3. The molecule has 4 nitrogen and oxygen atoms in total. The molecule has 0 spiro atoms. The predicted molar refractivity (Wildman–Crippen MR) is 118 cm³/mol. The molecule has 1 aromatic carbocycles. The van der Waals surface area contributed by atoms with Gasteiger partial charge in [-0.15, -0.1) is 0 Å². The van der Waals surface area contributed by atoms with Gasteiger partial charge >= 0.3 is 0 Å². The van der Waals surface area contributed by atoms with E-state index in [1.807, 2.05) is 32.9 Å². The molecule has 0 radical (unpaired) electrons. The van der Waals surface area contributed by atoms with Gasteiger partial charge in [0.2, 0.25) is 0 Å². The van der Waals surface area contributed by atoms with Crippen LogP contribution in [0.5, 0.6) is 0 Å². The molecule has 0 unspecified atom stereocenters. The van der Waals surface area contributed by atoms with Gasteiger partial charge in [-0.3, -0.25) is 14.7 Å². The van der Waals surface area contributed by atoms with E-state index in [9.17, 15) is 4.79 Å². The predicted octanol–water partition coefficient (Wildman–Crippen LogP) is 5.20. The first-order valence-corrected chi connectivity index (χ1v) is 9.46. The number of amides is 1. The van der Waals surface area contributed by atoms with Crippen molar-refractivity contribution in [2.45, 2.75) is 27.2 Å². The topological polar surface area (TPSA) is 37.6 Å². The summed E-state index contributed by atoms with van der Waals surface area (Å²) in [6.07, 6.45) is 6.64. The van der Waals surface area contributed by atoms with Gasteiger partial charge in [0.15, 0.2) is 0 Å². The average Bonchev–Trinajstić information content (AvgIpc) is 2.97. The SMILES string of the molecule is C=Cc1c(C(=O)N(C)C2=NCCC=C2)c(C)n(-c2ccc(C(=C)C)cc2)c1C. The molecule has 1 aromatic heterocycles. The lowest BCUT2D eigenvalue weighted by atomic mass is 10.1. The Morgan fingerprint density at radius 2 is 1.89 bits per heavy atom. The first-order valence-electron chi connectivity index (χ1n) is 9.46. The summed E-state index contributed by atoms with van der Waals surface area (Å²) in [6, 6.07) is 8.23. The minimum Gasteiger partial charge on any atom is -0.317 e. The highest BCUT2D eigenvalue weighted by Crippen LogP contribution is 2.29. The number of carbonyl (C=O) groups is 1. The summed E-state index contributed by atoms with van der Waals surface area (Å²) in [5.74, 6) is 0.625. The first kappa shape index (κ1) is 19.6. The summed E-state index contributed by atoms with van der Waals surface area (Å²) in [4.78, 5) is 19.4. The van der Waals surface area contributed by atoms with Crippen LogP contribution in [0.2, 0.25) is 0 Å². The summed E-state index contributed by atoms with van der Waals surface area (Å²) < 4.78 is 2.11. The van der Waals surface area contributed by atoms with Crippen LogP contribution in [0.15, 0.2) is 54.6 Å². The molecule has 28 heavy (non-hydrogen) atoms. The minimum absolute atomic E-state index is 0.0712. The van der Waals surface area contributed by atoms with Crippen molar-refractivity contribution in [3.05, 3.63) is 77.7 Å². The summed E-state index contributed by atoms with van der Waals surface area (Å²) in [5, 5.41) is 0. The van der Waals surface area contributed by atoms with E-state index in [1.54, 1.807) is 18.0 Å². The maximum atomic E-state index is 13.3. The van der Waals surface area contributed by atoms with Crippen LogP contribution < -0.4 is 0 Å². The normalized spacial score (nSPS) is 13.2. The first-order chi connectivity index (χ1) is 13.4. The van der Waals surface area contributed by atoms with Gasteiger partial charge in [0.05, 0.1) is 5.56 Å². The molecule has 1 aliphatic rings. The largest absolute Gasteiger partial charge is 0.317 e. The van der Waals surface area contributed by atoms with Crippen LogP contribution in [0.4, 0.5) is 0 Å². The van der Waals surface area contributed by atoms with Crippen LogP contribution in [0.3, 0.4) is 0 Å². The van der Waals surface area contributed by atoms with Crippen LogP contribution in [0.25, 0.3) is 17.3 Å². The fourth-order valence-corrected chi connectivity index (χ4v) is 3.65. The van der Waals surface area contributed by atoms with Gasteiger partial charge in [-0.05, 0) is 51.0 Å². The van der Waals surface area contributed by atoms with Gasteiger partial charge in [0.1, 0.15) is 5.84 Å². The fourth-order valence-electron chi connectivity index (χ4n) is 3.65. The van der Waals surface area contributed by atoms with Gasteiger partial charge < -0.3 is 4.57 Å². The van der Waals surface area contributed by atoms with Crippen molar-refractivity contribution in [3.63, 3.8) is 0 Å². The summed E-state index contributed by atoms with van der Waals surface area (Å²) >= 11 is 0. The lowest BCUT2D eigenvalue weighted by molar-refractivity contribution is 0.0870. The Morgan fingerprint density at radius 3 is 2.43 bits per heavy atom. The number of nitrogens with zero attached hydrogens (tertiary/aromatic N) is 3. The van der Waals surface area contributed by atoms with Crippen LogP contribution in [0, 0.1) is 13.8 Å². The summed E-state index contributed by atoms with van der Waals surface area (Å²) in [6.45, 7) is 14.7. The van der Waals surface area contributed by atoms with Gasteiger partial charge in [-0.2, -0.15) is 0 Å². The molecule has 0 N–H and O–H groups in total.